The summed E-state index contributed by atoms with van der Waals surface area (Å²) < 4.78 is 18.8. The lowest BCUT2D eigenvalue weighted by atomic mass is 10.2. The van der Waals surface area contributed by atoms with Crippen molar-refractivity contribution < 1.29 is 19.0 Å². The van der Waals surface area contributed by atoms with Crippen molar-refractivity contribution in [3.8, 4) is 17.2 Å². The number of ether oxygens (including phenoxy) is 3. The third kappa shape index (κ3) is 5.86. The number of aromatic amines is 1. The fourth-order valence-electron chi connectivity index (χ4n) is 4.34. The fraction of sp³-hybridized carbons (Fsp3) is 0.333. The van der Waals surface area contributed by atoms with Crippen molar-refractivity contribution in [1.82, 2.24) is 19.7 Å². The van der Waals surface area contributed by atoms with E-state index in [1.165, 1.54) is 10.8 Å². The second kappa shape index (κ2) is 12.2. The summed E-state index contributed by atoms with van der Waals surface area (Å²) in [4.78, 5) is 33.1. The molecule has 3 heterocycles. The van der Waals surface area contributed by atoms with Crippen LogP contribution in [0, 0.1) is 0 Å². The molecular weight excluding hydrogens is 520 g/mol. The van der Waals surface area contributed by atoms with Gasteiger partial charge in [0, 0.05) is 25.2 Å². The number of para-hydroxylation sites is 1. The van der Waals surface area contributed by atoms with E-state index in [0.717, 1.165) is 30.5 Å². The standard InChI is InChI=1S/C27H30N6O5S/c1-3-37-22-15-21(32-10-12-36-13-11-32)23(38-4-2)14-20(22)29-24(34)17-39-27-30-25-19(16-28-31-25)26(35)33(27)18-8-6-5-7-9-18/h5-9,14-16H,3-4,10-13,17H2,1-2H3,(H,28,31)(H,29,34). The molecule has 0 spiro atoms. The maximum absolute atomic E-state index is 13.2. The average Bonchev–Trinajstić information content (AvgIpc) is 3.44. The van der Waals surface area contributed by atoms with E-state index in [-0.39, 0.29) is 17.2 Å². The molecule has 1 amide bonds. The molecule has 11 nitrogen and oxygen atoms in total. The van der Waals surface area contributed by atoms with Crippen LogP contribution in [0.5, 0.6) is 11.5 Å². The lowest BCUT2D eigenvalue weighted by molar-refractivity contribution is -0.113. The highest BCUT2D eigenvalue weighted by atomic mass is 32.2. The van der Waals surface area contributed by atoms with Crippen molar-refractivity contribution in [3.05, 3.63) is 59.0 Å². The molecule has 0 saturated carbocycles. The van der Waals surface area contributed by atoms with Crippen LogP contribution in [0.3, 0.4) is 0 Å². The van der Waals surface area contributed by atoms with E-state index in [0.29, 0.717) is 65.5 Å². The predicted octanol–water partition coefficient (Wildman–Crippen LogP) is 3.47. The minimum atomic E-state index is -0.277. The molecule has 204 valence electrons. The molecule has 1 fully saturated rings. The Balaban J connectivity index is 1.40. The number of fused-ring (bicyclic) bond motifs is 1. The highest BCUT2D eigenvalue weighted by Gasteiger charge is 2.21. The number of amides is 1. The van der Waals surface area contributed by atoms with E-state index in [1.807, 2.05) is 50.2 Å². The first-order chi connectivity index (χ1) is 19.1. The van der Waals surface area contributed by atoms with Gasteiger partial charge in [-0.2, -0.15) is 5.10 Å². The molecule has 0 radical (unpaired) electrons. The Labute approximate surface area is 229 Å². The van der Waals surface area contributed by atoms with Gasteiger partial charge in [-0.15, -0.1) is 0 Å². The van der Waals surface area contributed by atoms with E-state index >= 15 is 0 Å². The zero-order chi connectivity index (χ0) is 27.2. The van der Waals surface area contributed by atoms with Gasteiger partial charge >= 0.3 is 0 Å². The van der Waals surface area contributed by atoms with E-state index in [2.05, 4.69) is 25.4 Å². The van der Waals surface area contributed by atoms with Crippen molar-refractivity contribution >= 4 is 40.1 Å². The number of thioether (sulfide) groups is 1. The molecule has 0 unspecified atom stereocenters. The summed E-state index contributed by atoms with van der Waals surface area (Å²) in [6, 6.07) is 12.9. The van der Waals surface area contributed by atoms with Gasteiger partial charge in [-0.1, -0.05) is 30.0 Å². The second-order valence-corrected chi connectivity index (χ2v) is 9.56. The van der Waals surface area contributed by atoms with E-state index in [1.54, 1.807) is 6.07 Å². The molecule has 1 saturated heterocycles. The van der Waals surface area contributed by atoms with Crippen molar-refractivity contribution in [2.45, 2.75) is 19.0 Å². The van der Waals surface area contributed by atoms with Crippen LogP contribution in [0.25, 0.3) is 16.7 Å². The second-order valence-electron chi connectivity index (χ2n) is 8.62. The predicted molar refractivity (Wildman–Crippen MR) is 151 cm³/mol. The Morgan fingerprint density at radius 1 is 1.10 bits per heavy atom. The van der Waals surface area contributed by atoms with Gasteiger partial charge in [-0.3, -0.25) is 19.3 Å². The minimum Gasteiger partial charge on any atom is -0.492 e. The Morgan fingerprint density at radius 2 is 1.85 bits per heavy atom. The van der Waals surface area contributed by atoms with Gasteiger partial charge in [0.05, 0.1) is 55.4 Å². The SMILES string of the molecule is CCOc1cc(N2CCOCC2)c(OCC)cc1NC(=O)CSc1nc2[nH]ncc2c(=O)n1-c1ccccc1. The lowest BCUT2D eigenvalue weighted by Gasteiger charge is -2.31. The highest BCUT2D eigenvalue weighted by Crippen LogP contribution is 2.39. The topological polar surface area (TPSA) is 124 Å². The number of hydrogen-bond acceptors (Lipinski definition) is 9. The molecule has 2 aromatic heterocycles. The number of nitrogens with zero attached hydrogens (tertiary/aromatic N) is 4. The molecule has 1 aliphatic heterocycles. The number of morpholine rings is 1. The monoisotopic (exact) mass is 550 g/mol. The van der Waals surface area contributed by atoms with Gasteiger partial charge in [0.25, 0.3) is 5.56 Å². The molecule has 0 atom stereocenters. The molecule has 2 aromatic carbocycles. The van der Waals surface area contributed by atoms with Gasteiger partial charge < -0.3 is 24.4 Å². The largest absolute Gasteiger partial charge is 0.492 e. The summed E-state index contributed by atoms with van der Waals surface area (Å²) in [5.41, 5.74) is 2.18. The van der Waals surface area contributed by atoms with Crippen molar-refractivity contribution in [2.75, 3.05) is 55.5 Å². The van der Waals surface area contributed by atoms with Crippen LogP contribution in [0.4, 0.5) is 11.4 Å². The molecular formula is C27H30N6O5S. The average molecular weight is 551 g/mol. The number of nitrogens with one attached hydrogen (secondary N) is 2. The van der Waals surface area contributed by atoms with Gasteiger partial charge in [-0.05, 0) is 26.0 Å². The van der Waals surface area contributed by atoms with Crippen LogP contribution in [0.15, 0.2) is 58.6 Å². The fourth-order valence-corrected chi connectivity index (χ4v) is 5.14. The Kier molecular flexibility index (Phi) is 8.33. The number of benzene rings is 2. The van der Waals surface area contributed by atoms with Crippen LogP contribution in [0.2, 0.25) is 0 Å². The molecule has 0 aliphatic carbocycles. The van der Waals surface area contributed by atoms with E-state index < -0.39 is 0 Å². The third-order valence-electron chi connectivity index (χ3n) is 6.08. The number of carbonyl (C=O) groups excluding carboxylic acids is 1. The van der Waals surface area contributed by atoms with Crippen LogP contribution in [-0.2, 0) is 9.53 Å². The smallest absolute Gasteiger partial charge is 0.269 e. The summed E-state index contributed by atoms with van der Waals surface area (Å²) in [5.74, 6) is 0.954. The van der Waals surface area contributed by atoms with E-state index in [4.69, 9.17) is 14.2 Å². The number of aromatic nitrogens is 4. The zero-order valence-corrected chi connectivity index (χ0v) is 22.6. The first-order valence-electron chi connectivity index (χ1n) is 12.8. The summed E-state index contributed by atoms with van der Waals surface area (Å²) in [6.07, 6.45) is 1.46. The number of hydrogen-bond donors (Lipinski definition) is 2. The number of H-pyrrole nitrogens is 1. The molecule has 12 heteroatoms. The summed E-state index contributed by atoms with van der Waals surface area (Å²) in [5, 5.41) is 10.4. The Morgan fingerprint density at radius 3 is 2.59 bits per heavy atom. The zero-order valence-electron chi connectivity index (χ0n) is 21.8. The lowest BCUT2D eigenvalue weighted by Crippen LogP contribution is -2.36. The van der Waals surface area contributed by atoms with Gasteiger partial charge in [0.1, 0.15) is 16.9 Å². The molecule has 39 heavy (non-hydrogen) atoms. The first-order valence-corrected chi connectivity index (χ1v) is 13.8. The van der Waals surface area contributed by atoms with Crippen molar-refractivity contribution in [1.29, 1.82) is 0 Å². The Hall–Kier alpha value is -4.03. The molecule has 0 bridgehead atoms. The molecule has 5 rings (SSSR count). The van der Waals surface area contributed by atoms with Crippen LogP contribution < -0.4 is 25.2 Å². The number of anilines is 2. The minimum absolute atomic E-state index is 0.0136. The third-order valence-corrected chi connectivity index (χ3v) is 7.02. The van der Waals surface area contributed by atoms with Gasteiger partial charge in [0.15, 0.2) is 10.8 Å². The summed E-state index contributed by atoms with van der Waals surface area (Å²) in [6.45, 7) is 7.49. The summed E-state index contributed by atoms with van der Waals surface area (Å²) in [7, 11) is 0. The number of carbonyl (C=O) groups is 1. The van der Waals surface area contributed by atoms with E-state index in [9.17, 15) is 9.59 Å². The van der Waals surface area contributed by atoms with Crippen molar-refractivity contribution in [2.24, 2.45) is 0 Å². The quantitative estimate of drug-likeness (QED) is 0.226. The first kappa shape index (κ1) is 26.6. The molecule has 1 aliphatic rings. The summed E-state index contributed by atoms with van der Waals surface area (Å²) >= 11 is 1.16. The molecule has 2 N–H and O–H groups in total. The van der Waals surface area contributed by atoms with Crippen LogP contribution >= 0.6 is 11.8 Å². The van der Waals surface area contributed by atoms with Gasteiger partial charge in [0.2, 0.25) is 5.91 Å². The maximum atomic E-state index is 13.2. The van der Waals surface area contributed by atoms with Crippen LogP contribution in [0.1, 0.15) is 13.8 Å². The Bertz CT molecular complexity index is 1500. The van der Waals surface area contributed by atoms with Crippen LogP contribution in [-0.4, -0.2) is 70.9 Å². The van der Waals surface area contributed by atoms with Crippen molar-refractivity contribution in [3.63, 3.8) is 0 Å². The normalized spacial score (nSPS) is 13.4. The van der Waals surface area contributed by atoms with Gasteiger partial charge in [-0.25, -0.2) is 4.98 Å². The molecule has 4 aromatic rings. The number of rotatable bonds is 10. The highest BCUT2D eigenvalue weighted by molar-refractivity contribution is 7.99. The maximum Gasteiger partial charge on any atom is 0.269 e.